The van der Waals surface area contributed by atoms with Gasteiger partial charge in [-0.25, -0.2) is 4.98 Å². The third-order valence-corrected chi connectivity index (χ3v) is 4.10. The van der Waals surface area contributed by atoms with Gasteiger partial charge >= 0.3 is 5.97 Å². The van der Waals surface area contributed by atoms with Crippen molar-refractivity contribution in [2.24, 2.45) is 0 Å². The summed E-state index contributed by atoms with van der Waals surface area (Å²) < 4.78 is 10.5. The van der Waals surface area contributed by atoms with Crippen LogP contribution in [-0.2, 0) is 25.3 Å². The molecule has 0 saturated heterocycles. The van der Waals surface area contributed by atoms with Gasteiger partial charge in [-0.2, -0.15) is 0 Å². The molecule has 0 radical (unpaired) electrons. The molecule has 0 N–H and O–H groups in total. The van der Waals surface area contributed by atoms with Gasteiger partial charge in [0, 0.05) is 12.5 Å². The minimum Gasteiger partial charge on any atom is -0.465 e. The lowest BCUT2D eigenvalue weighted by Gasteiger charge is -2.22. The summed E-state index contributed by atoms with van der Waals surface area (Å²) >= 11 is 1.50. The van der Waals surface area contributed by atoms with Crippen molar-refractivity contribution in [3.63, 3.8) is 0 Å². The quantitative estimate of drug-likeness (QED) is 0.773. The van der Waals surface area contributed by atoms with E-state index in [9.17, 15) is 4.79 Å². The van der Waals surface area contributed by atoms with E-state index in [0.29, 0.717) is 6.61 Å². The van der Waals surface area contributed by atoms with E-state index in [0.717, 1.165) is 10.7 Å². The second-order valence-electron chi connectivity index (χ2n) is 5.10. The normalized spacial score (nSPS) is 12.6. The third kappa shape index (κ3) is 2.90. The lowest BCUT2D eigenvalue weighted by atomic mass is 9.90. The van der Waals surface area contributed by atoms with E-state index < -0.39 is 11.0 Å². The summed E-state index contributed by atoms with van der Waals surface area (Å²) in [7, 11) is 1.65. The van der Waals surface area contributed by atoms with Crippen LogP contribution < -0.4 is 0 Å². The average molecular weight is 271 g/mol. The summed E-state index contributed by atoms with van der Waals surface area (Å²) in [6.45, 7) is 9.73. The van der Waals surface area contributed by atoms with Crippen LogP contribution >= 0.6 is 11.3 Å². The van der Waals surface area contributed by atoms with E-state index in [1.54, 1.807) is 14.0 Å². The molecular weight excluding hydrogens is 250 g/mol. The average Bonchev–Trinajstić information content (AvgIpc) is 2.79. The first-order chi connectivity index (χ1) is 8.25. The third-order valence-electron chi connectivity index (χ3n) is 2.96. The summed E-state index contributed by atoms with van der Waals surface area (Å²) in [5.74, 6) is -0.253. The van der Waals surface area contributed by atoms with Crippen molar-refractivity contribution in [2.75, 3.05) is 13.7 Å². The molecule has 5 heteroatoms. The van der Waals surface area contributed by atoms with Crippen LogP contribution in [0.4, 0.5) is 0 Å². The first-order valence-electron chi connectivity index (χ1n) is 5.94. The fraction of sp³-hybridized carbons (Fsp3) is 0.692. The van der Waals surface area contributed by atoms with Gasteiger partial charge < -0.3 is 9.47 Å². The van der Waals surface area contributed by atoms with Crippen LogP contribution in [-0.4, -0.2) is 24.7 Å². The Balaban J connectivity index is 3.02. The van der Waals surface area contributed by atoms with E-state index in [1.165, 1.54) is 11.3 Å². The van der Waals surface area contributed by atoms with Gasteiger partial charge in [0.05, 0.1) is 12.3 Å². The Morgan fingerprint density at radius 2 is 2.00 bits per heavy atom. The van der Waals surface area contributed by atoms with Gasteiger partial charge in [-0.3, -0.25) is 4.79 Å². The molecule has 0 aliphatic rings. The number of carbonyl (C=O) groups excluding carboxylic acids is 1. The lowest BCUT2D eigenvalue weighted by molar-refractivity contribution is -0.148. The predicted molar refractivity (Wildman–Crippen MR) is 71.8 cm³/mol. The minimum absolute atomic E-state index is 0.253. The van der Waals surface area contributed by atoms with E-state index in [-0.39, 0.29) is 5.97 Å². The zero-order valence-corrected chi connectivity index (χ0v) is 12.7. The van der Waals surface area contributed by atoms with Gasteiger partial charge in [0.15, 0.2) is 0 Å². The predicted octanol–water partition coefficient (Wildman–Crippen LogP) is 2.87. The van der Waals surface area contributed by atoms with Crippen LogP contribution in [0.15, 0.2) is 5.38 Å². The van der Waals surface area contributed by atoms with E-state index in [4.69, 9.17) is 9.47 Å². The van der Waals surface area contributed by atoms with Gasteiger partial charge in [0.1, 0.15) is 16.0 Å². The number of hydrogen-bond acceptors (Lipinski definition) is 5. The Morgan fingerprint density at radius 1 is 1.39 bits per heavy atom. The largest absolute Gasteiger partial charge is 0.465 e. The highest BCUT2D eigenvalue weighted by Crippen LogP contribution is 2.32. The second-order valence-corrected chi connectivity index (χ2v) is 5.96. The van der Waals surface area contributed by atoms with Crippen molar-refractivity contribution in [2.45, 2.75) is 45.6 Å². The van der Waals surface area contributed by atoms with Gasteiger partial charge in [0.25, 0.3) is 0 Å². The Kier molecular flexibility index (Phi) is 4.50. The van der Waals surface area contributed by atoms with Crippen molar-refractivity contribution in [3.05, 3.63) is 16.1 Å². The number of carbonyl (C=O) groups is 1. The summed E-state index contributed by atoms with van der Waals surface area (Å²) in [6, 6.07) is 0. The van der Waals surface area contributed by atoms with Crippen molar-refractivity contribution < 1.29 is 14.3 Å². The first-order valence-corrected chi connectivity index (χ1v) is 6.82. The fourth-order valence-electron chi connectivity index (χ4n) is 1.34. The number of methoxy groups -OCH3 is 1. The second kappa shape index (κ2) is 5.36. The maximum Gasteiger partial charge on any atom is 0.317 e. The monoisotopic (exact) mass is 271 g/mol. The molecule has 0 saturated carbocycles. The highest BCUT2D eigenvalue weighted by atomic mass is 32.1. The van der Waals surface area contributed by atoms with Crippen LogP contribution in [0, 0.1) is 0 Å². The van der Waals surface area contributed by atoms with Crippen LogP contribution in [0.1, 0.15) is 45.3 Å². The van der Waals surface area contributed by atoms with Crippen molar-refractivity contribution in [1.29, 1.82) is 0 Å². The summed E-state index contributed by atoms with van der Waals surface area (Å²) in [5, 5.41) is 2.75. The molecule has 102 valence electrons. The van der Waals surface area contributed by atoms with Crippen molar-refractivity contribution in [3.8, 4) is 0 Å². The summed E-state index contributed by atoms with van der Waals surface area (Å²) in [6.07, 6.45) is 0. The molecule has 0 amide bonds. The number of aromatic nitrogens is 1. The minimum atomic E-state index is -0.728. The molecule has 1 heterocycles. The first kappa shape index (κ1) is 15.1. The Bertz CT molecular complexity index is 424. The van der Waals surface area contributed by atoms with Crippen LogP contribution in [0.5, 0.6) is 0 Å². The van der Waals surface area contributed by atoms with E-state index in [2.05, 4.69) is 4.98 Å². The Labute approximate surface area is 112 Å². The number of hydrogen-bond donors (Lipinski definition) is 0. The molecule has 0 bridgehead atoms. The van der Waals surface area contributed by atoms with Gasteiger partial charge in [-0.15, -0.1) is 11.3 Å². The topological polar surface area (TPSA) is 48.4 Å². The molecule has 0 aliphatic heterocycles. The van der Waals surface area contributed by atoms with Gasteiger partial charge in [0.2, 0.25) is 0 Å². The highest BCUT2D eigenvalue weighted by molar-refractivity contribution is 7.09. The zero-order valence-electron chi connectivity index (χ0n) is 11.9. The number of nitrogens with zero attached hydrogens (tertiary/aromatic N) is 1. The van der Waals surface area contributed by atoms with Crippen molar-refractivity contribution in [1.82, 2.24) is 4.98 Å². The zero-order chi connectivity index (χ0) is 14.0. The lowest BCUT2D eigenvalue weighted by Crippen LogP contribution is -2.32. The molecule has 1 aromatic heterocycles. The van der Waals surface area contributed by atoms with E-state index >= 15 is 0 Å². The number of esters is 1. The molecule has 0 spiro atoms. The molecule has 1 aromatic rings. The van der Waals surface area contributed by atoms with Crippen LogP contribution in [0.2, 0.25) is 0 Å². The smallest absolute Gasteiger partial charge is 0.317 e. The molecular formula is C13H21NO3S. The maximum atomic E-state index is 11.9. The molecule has 0 aromatic carbocycles. The number of thiazole rings is 1. The summed E-state index contributed by atoms with van der Waals surface area (Å²) in [5.41, 5.74) is -0.437. The van der Waals surface area contributed by atoms with Crippen LogP contribution in [0.25, 0.3) is 0 Å². The summed E-state index contributed by atoms with van der Waals surface area (Å²) in [4.78, 5) is 16.4. The van der Waals surface area contributed by atoms with Gasteiger partial charge in [-0.05, 0) is 34.6 Å². The molecule has 0 atom stereocenters. The molecule has 0 fully saturated rings. The maximum absolute atomic E-state index is 11.9. The standard InChI is InChI=1S/C13H21NO3S/c1-7-17-11(15)12(2,3)9-8-18-10(14-9)13(4,5)16-6/h8H,7H2,1-6H3. The van der Waals surface area contributed by atoms with Crippen molar-refractivity contribution >= 4 is 17.3 Å². The van der Waals surface area contributed by atoms with Crippen LogP contribution in [0.3, 0.4) is 0 Å². The number of ether oxygens (including phenoxy) is 2. The van der Waals surface area contributed by atoms with E-state index in [1.807, 2.05) is 33.1 Å². The number of rotatable bonds is 5. The molecule has 0 aliphatic carbocycles. The van der Waals surface area contributed by atoms with Gasteiger partial charge in [-0.1, -0.05) is 0 Å². The highest BCUT2D eigenvalue weighted by Gasteiger charge is 2.35. The Morgan fingerprint density at radius 3 is 2.50 bits per heavy atom. The Hall–Kier alpha value is -0.940. The molecule has 18 heavy (non-hydrogen) atoms. The fourth-order valence-corrected chi connectivity index (χ4v) is 2.43. The molecule has 1 rings (SSSR count). The molecule has 0 unspecified atom stereocenters. The molecule has 4 nitrogen and oxygen atoms in total. The SMILES string of the molecule is CCOC(=O)C(C)(C)c1csc(C(C)(C)OC)n1.